The highest BCUT2D eigenvalue weighted by molar-refractivity contribution is 5.99. The number of nitrogens with zero attached hydrogens (tertiary/aromatic N) is 1. The Bertz CT molecular complexity index is 599. The summed E-state index contributed by atoms with van der Waals surface area (Å²) < 4.78 is 10.7. The zero-order valence-corrected chi connectivity index (χ0v) is 11.2. The molecule has 7 heteroatoms. The van der Waals surface area contributed by atoms with Gasteiger partial charge in [-0.25, -0.2) is 4.79 Å². The quantitative estimate of drug-likeness (QED) is 0.839. The minimum Gasteiger partial charge on any atom is -0.507 e. The Balaban J connectivity index is 1.92. The van der Waals surface area contributed by atoms with E-state index in [1.54, 1.807) is 0 Å². The normalized spacial score (nSPS) is 20.4. The Morgan fingerprint density at radius 3 is 2.52 bits per heavy atom. The molecular formula is C14H15NO6. The maximum Gasteiger partial charge on any atom is 0.326 e. The second-order valence-electron chi connectivity index (χ2n) is 5.01. The van der Waals surface area contributed by atoms with Crippen molar-refractivity contribution in [1.82, 2.24) is 4.90 Å². The van der Waals surface area contributed by atoms with E-state index >= 15 is 0 Å². The summed E-state index contributed by atoms with van der Waals surface area (Å²) >= 11 is 0. The van der Waals surface area contributed by atoms with Crippen molar-refractivity contribution in [2.75, 3.05) is 19.8 Å². The van der Waals surface area contributed by atoms with Gasteiger partial charge in [0.2, 0.25) is 0 Å². The molecule has 1 aromatic rings. The molecule has 2 aliphatic rings. The van der Waals surface area contributed by atoms with E-state index in [9.17, 15) is 14.7 Å². The van der Waals surface area contributed by atoms with Gasteiger partial charge in [-0.1, -0.05) is 0 Å². The minimum atomic E-state index is -1.03. The number of benzene rings is 1. The van der Waals surface area contributed by atoms with E-state index in [1.165, 1.54) is 17.0 Å². The van der Waals surface area contributed by atoms with Crippen molar-refractivity contribution in [2.24, 2.45) is 0 Å². The fourth-order valence-electron chi connectivity index (χ4n) is 2.67. The Hall–Kier alpha value is -2.44. The lowest BCUT2D eigenvalue weighted by atomic mass is 10.1. The molecule has 1 unspecified atom stereocenters. The van der Waals surface area contributed by atoms with Crippen LogP contribution >= 0.6 is 0 Å². The molecular weight excluding hydrogens is 278 g/mol. The summed E-state index contributed by atoms with van der Waals surface area (Å²) in [5.41, 5.74) is 0.0346. The molecule has 0 aliphatic carbocycles. The zero-order chi connectivity index (χ0) is 15.0. The van der Waals surface area contributed by atoms with E-state index in [0.29, 0.717) is 44.1 Å². The first-order valence-corrected chi connectivity index (χ1v) is 6.74. The summed E-state index contributed by atoms with van der Waals surface area (Å²) in [5, 5.41) is 19.1. The monoisotopic (exact) mass is 293 g/mol. The molecule has 1 amide bonds. The van der Waals surface area contributed by atoms with E-state index in [-0.39, 0.29) is 11.3 Å². The average Bonchev–Trinajstić information content (AvgIpc) is 2.95. The van der Waals surface area contributed by atoms with E-state index in [2.05, 4.69) is 0 Å². The van der Waals surface area contributed by atoms with Gasteiger partial charge in [-0.2, -0.15) is 0 Å². The first-order chi connectivity index (χ1) is 10.1. The van der Waals surface area contributed by atoms with E-state index in [4.69, 9.17) is 14.6 Å². The zero-order valence-electron chi connectivity index (χ0n) is 11.2. The predicted molar refractivity (Wildman–Crippen MR) is 70.8 cm³/mol. The summed E-state index contributed by atoms with van der Waals surface area (Å²) in [5.74, 6) is -1.01. The SMILES string of the molecule is O=C(O)C1CCCN1C(=O)c1cc2c(cc1O)OCCO2. The second kappa shape index (κ2) is 5.16. The van der Waals surface area contributed by atoms with Gasteiger partial charge < -0.3 is 24.6 Å². The van der Waals surface area contributed by atoms with Gasteiger partial charge in [-0.3, -0.25) is 4.79 Å². The van der Waals surface area contributed by atoms with Crippen LogP contribution in [-0.4, -0.2) is 52.8 Å². The molecule has 2 heterocycles. The average molecular weight is 293 g/mol. The highest BCUT2D eigenvalue weighted by Crippen LogP contribution is 2.37. The fraction of sp³-hybridized carbons (Fsp3) is 0.429. The maximum atomic E-state index is 12.5. The first-order valence-electron chi connectivity index (χ1n) is 6.74. The van der Waals surface area contributed by atoms with Crippen molar-refractivity contribution in [3.8, 4) is 17.2 Å². The van der Waals surface area contributed by atoms with Crippen LogP contribution in [0.4, 0.5) is 0 Å². The molecule has 2 N–H and O–H groups in total. The summed E-state index contributed by atoms with van der Waals surface area (Å²) in [4.78, 5) is 24.9. The summed E-state index contributed by atoms with van der Waals surface area (Å²) in [7, 11) is 0. The van der Waals surface area contributed by atoms with Crippen LogP contribution < -0.4 is 9.47 Å². The number of aliphatic carboxylic acids is 1. The topological polar surface area (TPSA) is 96.3 Å². The second-order valence-corrected chi connectivity index (χ2v) is 5.01. The standard InChI is InChI=1S/C14H15NO6/c16-10-7-12-11(20-4-5-21-12)6-8(10)13(17)15-3-1-2-9(15)14(18)19/h6-7,9,16H,1-5H2,(H,18,19). The molecule has 0 bridgehead atoms. The molecule has 0 aromatic heterocycles. The van der Waals surface area contributed by atoms with Gasteiger partial charge in [0.15, 0.2) is 11.5 Å². The van der Waals surface area contributed by atoms with Crippen molar-refractivity contribution in [3.05, 3.63) is 17.7 Å². The van der Waals surface area contributed by atoms with Crippen molar-refractivity contribution >= 4 is 11.9 Å². The summed E-state index contributed by atoms with van der Waals surface area (Å²) in [6.07, 6.45) is 1.06. The van der Waals surface area contributed by atoms with Crippen molar-refractivity contribution in [2.45, 2.75) is 18.9 Å². The fourth-order valence-corrected chi connectivity index (χ4v) is 2.67. The number of hydrogen-bond acceptors (Lipinski definition) is 5. The molecule has 0 radical (unpaired) electrons. The van der Waals surface area contributed by atoms with Crippen LogP contribution in [0.5, 0.6) is 17.2 Å². The van der Waals surface area contributed by atoms with Crippen LogP contribution in [0.3, 0.4) is 0 Å². The Morgan fingerprint density at radius 2 is 1.86 bits per heavy atom. The van der Waals surface area contributed by atoms with Gasteiger partial charge in [-0.05, 0) is 12.8 Å². The maximum absolute atomic E-state index is 12.5. The lowest BCUT2D eigenvalue weighted by Crippen LogP contribution is -2.40. The Kier molecular flexibility index (Phi) is 3.32. The van der Waals surface area contributed by atoms with Crippen LogP contribution in [0.25, 0.3) is 0 Å². The molecule has 21 heavy (non-hydrogen) atoms. The number of rotatable bonds is 2. The van der Waals surface area contributed by atoms with Gasteiger partial charge in [-0.15, -0.1) is 0 Å². The number of phenolic OH excluding ortho intramolecular Hbond substituents is 1. The van der Waals surface area contributed by atoms with Crippen LogP contribution in [0, 0.1) is 0 Å². The number of likely N-dealkylation sites (tertiary alicyclic amines) is 1. The van der Waals surface area contributed by atoms with Gasteiger partial charge in [0.1, 0.15) is 25.0 Å². The number of aromatic hydroxyl groups is 1. The number of ether oxygens (including phenoxy) is 2. The Morgan fingerprint density at radius 1 is 1.19 bits per heavy atom. The molecule has 0 saturated carbocycles. The largest absolute Gasteiger partial charge is 0.507 e. The van der Waals surface area contributed by atoms with Crippen molar-refractivity contribution in [3.63, 3.8) is 0 Å². The van der Waals surface area contributed by atoms with Gasteiger partial charge in [0, 0.05) is 18.7 Å². The molecule has 112 valence electrons. The third-order valence-electron chi connectivity index (χ3n) is 3.69. The van der Waals surface area contributed by atoms with Gasteiger partial charge >= 0.3 is 5.97 Å². The molecule has 7 nitrogen and oxygen atoms in total. The Labute approximate surface area is 120 Å². The number of carbonyl (C=O) groups excluding carboxylic acids is 1. The van der Waals surface area contributed by atoms with Crippen LogP contribution in [0.2, 0.25) is 0 Å². The molecule has 2 aliphatic heterocycles. The molecule has 1 aromatic carbocycles. The van der Waals surface area contributed by atoms with Crippen LogP contribution in [-0.2, 0) is 4.79 Å². The van der Waals surface area contributed by atoms with Crippen molar-refractivity contribution in [1.29, 1.82) is 0 Å². The molecule has 1 atom stereocenters. The third kappa shape index (κ3) is 2.35. The number of carbonyl (C=O) groups is 2. The minimum absolute atomic E-state index is 0.0346. The summed E-state index contributed by atoms with van der Waals surface area (Å²) in [6, 6.07) is 1.89. The van der Waals surface area contributed by atoms with Gasteiger partial charge in [0.05, 0.1) is 5.56 Å². The molecule has 1 saturated heterocycles. The van der Waals surface area contributed by atoms with Crippen LogP contribution in [0.1, 0.15) is 23.2 Å². The number of carboxylic acid groups (broad SMARTS) is 1. The number of fused-ring (bicyclic) bond motifs is 1. The molecule has 3 rings (SSSR count). The molecule has 1 fully saturated rings. The van der Waals surface area contributed by atoms with Crippen molar-refractivity contribution < 1.29 is 29.3 Å². The smallest absolute Gasteiger partial charge is 0.326 e. The third-order valence-corrected chi connectivity index (χ3v) is 3.69. The summed E-state index contributed by atoms with van der Waals surface area (Å²) in [6.45, 7) is 1.11. The number of hydrogen-bond donors (Lipinski definition) is 2. The van der Waals surface area contributed by atoms with Crippen LogP contribution in [0.15, 0.2) is 12.1 Å². The highest BCUT2D eigenvalue weighted by Gasteiger charge is 2.35. The first kappa shape index (κ1) is 13.5. The van der Waals surface area contributed by atoms with Gasteiger partial charge in [0.25, 0.3) is 5.91 Å². The number of phenols is 1. The number of carboxylic acids is 1. The lowest BCUT2D eigenvalue weighted by Gasteiger charge is -2.24. The van der Waals surface area contributed by atoms with E-state index in [0.717, 1.165) is 0 Å². The van der Waals surface area contributed by atoms with E-state index < -0.39 is 17.9 Å². The number of amides is 1. The highest BCUT2D eigenvalue weighted by atomic mass is 16.6. The van der Waals surface area contributed by atoms with E-state index in [1.807, 2.05) is 0 Å². The lowest BCUT2D eigenvalue weighted by molar-refractivity contribution is -0.141. The predicted octanol–water partition coefficient (Wildman–Crippen LogP) is 0.853. The molecule has 0 spiro atoms.